The van der Waals surface area contributed by atoms with Gasteiger partial charge in [0, 0.05) is 30.8 Å². The molecule has 2 rings (SSSR count). The molecule has 2 unspecified atom stereocenters. The van der Waals surface area contributed by atoms with Gasteiger partial charge in [0.15, 0.2) is 0 Å². The third kappa shape index (κ3) is 3.57. The molecule has 0 spiro atoms. The van der Waals surface area contributed by atoms with Crippen LogP contribution in [0.1, 0.15) is 18.9 Å². The van der Waals surface area contributed by atoms with Crippen molar-refractivity contribution in [2.45, 2.75) is 31.2 Å². The average molecular weight is 350 g/mol. The smallest absolute Gasteiger partial charge is 0.273 e. The minimum atomic E-state index is -3.70. The molecule has 0 amide bonds. The second-order valence-electron chi connectivity index (χ2n) is 5.48. The Kier molecular flexibility index (Phi) is 5.91. The van der Waals surface area contributed by atoms with Gasteiger partial charge < -0.3 is 5.73 Å². The Morgan fingerprint density at radius 2 is 2.09 bits per heavy atom. The number of aryl methyl sites for hydroxylation is 1. The number of hydrogen-bond donors (Lipinski definition) is 1. The third-order valence-electron chi connectivity index (χ3n) is 3.95. The SMILES string of the molecule is Cc1ccc(S(=O)(=O)N2CCC(C(C)N)C2)cc1[N+](=O)[O-].Cl. The molecule has 22 heavy (non-hydrogen) atoms. The lowest BCUT2D eigenvalue weighted by Gasteiger charge is -2.18. The molecule has 2 N–H and O–H groups in total. The van der Waals surface area contributed by atoms with Crippen molar-refractivity contribution in [2.75, 3.05) is 13.1 Å². The molecule has 9 heteroatoms. The second-order valence-corrected chi connectivity index (χ2v) is 7.41. The van der Waals surface area contributed by atoms with Gasteiger partial charge >= 0.3 is 0 Å². The first kappa shape index (κ1) is 18.8. The van der Waals surface area contributed by atoms with E-state index in [0.717, 1.165) is 6.07 Å². The highest BCUT2D eigenvalue weighted by Crippen LogP contribution is 2.28. The number of hydrogen-bond acceptors (Lipinski definition) is 5. The Morgan fingerprint density at radius 1 is 1.45 bits per heavy atom. The first-order valence-corrected chi connectivity index (χ1v) is 8.18. The number of halogens is 1. The molecular weight excluding hydrogens is 330 g/mol. The molecule has 1 heterocycles. The van der Waals surface area contributed by atoms with Crippen molar-refractivity contribution in [1.82, 2.24) is 4.31 Å². The predicted molar refractivity (Wildman–Crippen MR) is 85.6 cm³/mol. The molecule has 0 bridgehead atoms. The molecule has 0 aliphatic carbocycles. The Balaban J connectivity index is 0.00000242. The van der Waals surface area contributed by atoms with E-state index in [1.807, 2.05) is 6.92 Å². The molecule has 1 fully saturated rings. The van der Waals surface area contributed by atoms with Crippen LogP contribution in [0.25, 0.3) is 0 Å². The third-order valence-corrected chi connectivity index (χ3v) is 5.81. The van der Waals surface area contributed by atoms with Gasteiger partial charge in [-0.2, -0.15) is 4.31 Å². The van der Waals surface area contributed by atoms with E-state index in [-0.39, 0.29) is 34.9 Å². The summed E-state index contributed by atoms with van der Waals surface area (Å²) in [6.45, 7) is 4.20. The van der Waals surface area contributed by atoms with Gasteiger partial charge in [-0.25, -0.2) is 8.42 Å². The number of nitrogens with two attached hydrogens (primary N) is 1. The monoisotopic (exact) mass is 349 g/mol. The second kappa shape index (κ2) is 6.91. The van der Waals surface area contributed by atoms with Crippen molar-refractivity contribution >= 4 is 28.1 Å². The molecule has 124 valence electrons. The Hall–Kier alpha value is -1.22. The van der Waals surface area contributed by atoms with Crippen molar-refractivity contribution < 1.29 is 13.3 Å². The molecule has 1 aliphatic rings. The average Bonchev–Trinajstić information content (AvgIpc) is 2.89. The molecule has 0 aromatic heterocycles. The van der Waals surface area contributed by atoms with Crippen LogP contribution in [0, 0.1) is 23.0 Å². The molecule has 1 aliphatic heterocycles. The van der Waals surface area contributed by atoms with Crippen LogP contribution in [0.4, 0.5) is 5.69 Å². The summed E-state index contributed by atoms with van der Waals surface area (Å²) in [5.41, 5.74) is 6.07. The number of rotatable bonds is 4. The molecule has 1 aromatic carbocycles. The van der Waals surface area contributed by atoms with Crippen molar-refractivity contribution in [1.29, 1.82) is 0 Å². The van der Waals surface area contributed by atoms with E-state index in [4.69, 9.17) is 5.73 Å². The normalized spacial score (nSPS) is 20.4. The van der Waals surface area contributed by atoms with Crippen LogP contribution >= 0.6 is 12.4 Å². The predicted octanol–water partition coefficient (Wildman–Crippen LogP) is 1.68. The van der Waals surface area contributed by atoms with Crippen LogP contribution in [-0.4, -0.2) is 36.8 Å². The lowest BCUT2D eigenvalue weighted by molar-refractivity contribution is -0.385. The largest absolute Gasteiger partial charge is 0.328 e. The van der Waals surface area contributed by atoms with E-state index in [2.05, 4.69) is 0 Å². The maximum atomic E-state index is 12.6. The highest BCUT2D eigenvalue weighted by molar-refractivity contribution is 7.89. The minimum absolute atomic E-state index is 0. The molecular formula is C13H20ClN3O4S. The fraction of sp³-hybridized carbons (Fsp3) is 0.538. The van der Waals surface area contributed by atoms with Crippen LogP contribution in [-0.2, 0) is 10.0 Å². The fourth-order valence-corrected chi connectivity index (χ4v) is 4.03. The highest BCUT2D eigenvalue weighted by Gasteiger charge is 2.34. The van der Waals surface area contributed by atoms with Gasteiger partial charge in [-0.1, -0.05) is 6.07 Å². The maximum absolute atomic E-state index is 12.6. The summed E-state index contributed by atoms with van der Waals surface area (Å²) in [5.74, 6) is 0.125. The number of nitro groups is 1. The Bertz CT molecular complexity index is 663. The summed E-state index contributed by atoms with van der Waals surface area (Å²) >= 11 is 0. The maximum Gasteiger partial charge on any atom is 0.273 e. The number of benzene rings is 1. The van der Waals surface area contributed by atoms with Gasteiger partial charge in [0.1, 0.15) is 0 Å². The quantitative estimate of drug-likeness (QED) is 0.657. The van der Waals surface area contributed by atoms with Crippen molar-refractivity contribution in [3.05, 3.63) is 33.9 Å². The van der Waals surface area contributed by atoms with Crippen LogP contribution < -0.4 is 5.73 Å². The first-order chi connectivity index (χ1) is 9.73. The molecule has 1 aromatic rings. The van der Waals surface area contributed by atoms with Gasteiger partial charge in [0.25, 0.3) is 5.69 Å². The number of sulfonamides is 1. The van der Waals surface area contributed by atoms with Gasteiger partial charge in [0.05, 0.1) is 9.82 Å². The summed E-state index contributed by atoms with van der Waals surface area (Å²) in [6.07, 6.45) is 0.713. The zero-order chi connectivity index (χ0) is 15.8. The molecule has 2 atom stereocenters. The summed E-state index contributed by atoms with van der Waals surface area (Å²) in [7, 11) is -3.70. The summed E-state index contributed by atoms with van der Waals surface area (Å²) in [5, 5.41) is 10.9. The Morgan fingerprint density at radius 3 is 2.59 bits per heavy atom. The lowest BCUT2D eigenvalue weighted by atomic mass is 10.0. The molecule has 7 nitrogen and oxygen atoms in total. The van der Waals surface area contributed by atoms with Crippen molar-refractivity contribution in [2.24, 2.45) is 11.7 Å². The lowest BCUT2D eigenvalue weighted by Crippen LogP contribution is -2.33. The fourth-order valence-electron chi connectivity index (χ4n) is 2.50. The minimum Gasteiger partial charge on any atom is -0.328 e. The zero-order valence-electron chi connectivity index (χ0n) is 12.4. The standard InChI is InChI=1S/C13H19N3O4S.ClH/c1-9-3-4-12(7-13(9)16(17)18)21(19,20)15-6-5-11(8-15)10(2)14;/h3-4,7,10-11H,5-6,8,14H2,1-2H3;1H. The van der Waals surface area contributed by atoms with Crippen LogP contribution in [0.2, 0.25) is 0 Å². The van der Waals surface area contributed by atoms with E-state index in [9.17, 15) is 18.5 Å². The van der Waals surface area contributed by atoms with Gasteiger partial charge in [-0.3, -0.25) is 10.1 Å². The van der Waals surface area contributed by atoms with E-state index < -0.39 is 14.9 Å². The van der Waals surface area contributed by atoms with Crippen molar-refractivity contribution in [3.8, 4) is 0 Å². The number of nitrogens with zero attached hydrogens (tertiary/aromatic N) is 2. The van der Waals surface area contributed by atoms with Gasteiger partial charge in [0.2, 0.25) is 10.0 Å². The number of nitro benzene ring substituents is 1. The van der Waals surface area contributed by atoms with Crippen LogP contribution in [0.5, 0.6) is 0 Å². The van der Waals surface area contributed by atoms with Crippen LogP contribution in [0.3, 0.4) is 0 Å². The Labute approximate surface area is 136 Å². The zero-order valence-corrected chi connectivity index (χ0v) is 14.1. The van der Waals surface area contributed by atoms with E-state index >= 15 is 0 Å². The van der Waals surface area contributed by atoms with Gasteiger partial charge in [-0.05, 0) is 32.3 Å². The van der Waals surface area contributed by atoms with Crippen LogP contribution in [0.15, 0.2) is 23.1 Å². The summed E-state index contributed by atoms with van der Waals surface area (Å²) in [4.78, 5) is 10.3. The van der Waals surface area contributed by atoms with E-state index in [1.54, 1.807) is 6.92 Å². The van der Waals surface area contributed by atoms with E-state index in [1.165, 1.54) is 16.4 Å². The topological polar surface area (TPSA) is 107 Å². The summed E-state index contributed by atoms with van der Waals surface area (Å²) < 4.78 is 26.5. The highest BCUT2D eigenvalue weighted by atomic mass is 35.5. The molecule has 1 saturated heterocycles. The molecule has 0 saturated carbocycles. The van der Waals surface area contributed by atoms with Crippen molar-refractivity contribution in [3.63, 3.8) is 0 Å². The first-order valence-electron chi connectivity index (χ1n) is 6.74. The van der Waals surface area contributed by atoms with E-state index in [0.29, 0.717) is 25.1 Å². The molecule has 0 radical (unpaired) electrons. The summed E-state index contributed by atoms with van der Waals surface area (Å²) in [6, 6.07) is 3.93. The van der Waals surface area contributed by atoms with Gasteiger partial charge in [-0.15, -0.1) is 12.4 Å².